The van der Waals surface area contributed by atoms with Gasteiger partial charge in [0.1, 0.15) is 0 Å². The van der Waals surface area contributed by atoms with E-state index in [1.165, 1.54) is 19.3 Å². The van der Waals surface area contributed by atoms with Crippen molar-refractivity contribution in [3.05, 3.63) is 90.0 Å². The molecule has 3 rings (SSSR count). The van der Waals surface area contributed by atoms with E-state index in [9.17, 15) is 9.59 Å². The van der Waals surface area contributed by atoms with Crippen LogP contribution in [0.5, 0.6) is 0 Å². The van der Waals surface area contributed by atoms with Crippen molar-refractivity contribution in [2.45, 2.75) is 75.1 Å². The van der Waals surface area contributed by atoms with Gasteiger partial charge in [-0.3, -0.25) is 4.79 Å². The van der Waals surface area contributed by atoms with E-state index in [1.54, 1.807) is 11.8 Å². The molecular formula is C32H40N2O3S. The number of hydrogen-bond acceptors (Lipinski definition) is 4. The summed E-state index contributed by atoms with van der Waals surface area (Å²) in [5.41, 5.74) is 2.85. The number of urea groups is 1. The molecule has 0 spiro atoms. The lowest BCUT2D eigenvalue weighted by molar-refractivity contribution is -0.142. The normalized spacial score (nSPS) is 11.6. The Labute approximate surface area is 232 Å². The number of nitrogens with zero attached hydrogens (tertiary/aromatic N) is 1. The van der Waals surface area contributed by atoms with E-state index in [-0.39, 0.29) is 24.5 Å². The number of carbonyl (C=O) groups is 2. The van der Waals surface area contributed by atoms with Gasteiger partial charge in [0.2, 0.25) is 0 Å². The third-order valence-corrected chi connectivity index (χ3v) is 7.45. The minimum absolute atomic E-state index is 0.0102. The number of anilines is 1. The Bertz CT molecular complexity index is 1120. The van der Waals surface area contributed by atoms with Gasteiger partial charge in [0, 0.05) is 22.0 Å². The summed E-state index contributed by atoms with van der Waals surface area (Å²) in [6, 6.07) is 26.0. The van der Waals surface area contributed by atoms with Crippen LogP contribution in [0.15, 0.2) is 88.7 Å². The molecule has 0 saturated heterocycles. The quantitative estimate of drug-likeness (QED) is 0.167. The summed E-state index contributed by atoms with van der Waals surface area (Å²) in [4.78, 5) is 29.1. The van der Waals surface area contributed by atoms with Crippen molar-refractivity contribution >= 4 is 29.4 Å². The van der Waals surface area contributed by atoms with Crippen molar-refractivity contribution in [2.24, 2.45) is 0 Å². The second-order valence-corrected chi connectivity index (χ2v) is 10.5. The molecule has 38 heavy (non-hydrogen) atoms. The number of benzene rings is 3. The van der Waals surface area contributed by atoms with Crippen LogP contribution in [0.4, 0.5) is 10.5 Å². The first-order valence-corrected chi connectivity index (χ1v) is 14.5. The molecule has 1 N–H and O–H groups in total. The molecule has 202 valence electrons. The molecule has 0 aromatic heterocycles. The van der Waals surface area contributed by atoms with Crippen LogP contribution in [0.2, 0.25) is 0 Å². The van der Waals surface area contributed by atoms with Crippen molar-refractivity contribution in [1.29, 1.82) is 0 Å². The lowest BCUT2D eigenvalue weighted by atomic mass is 10.1. The number of hydrogen-bond donors (Lipinski definition) is 1. The van der Waals surface area contributed by atoms with E-state index in [4.69, 9.17) is 4.74 Å². The molecule has 2 amide bonds. The van der Waals surface area contributed by atoms with Gasteiger partial charge in [0.25, 0.3) is 0 Å². The van der Waals surface area contributed by atoms with Crippen LogP contribution in [0.25, 0.3) is 0 Å². The predicted molar refractivity (Wildman–Crippen MR) is 157 cm³/mol. The molecule has 3 aromatic carbocycles. The fourth-order valence-corrected chi connectivity index (χ4v) is 5.08. The Hall–Kier alpha value is -3.25. The summed E-state index contributed by atoms with van der Waals surface area (Å²) in [7, 11) is 0. The number of rotatable bonds is 14. The Balaban J connectivity index is 1.59. The van der Waals surface area contributed by atoms with Gasteiger partial charge >= 0.3 is 12.0 Å². The fraction of sp³-hybridized carbons (Fsp3) is 0.375. The van der Waals surface area contributed by atoms with Gasteiger partial charge in [-0.1, -0.05) is 86.8 Å². The van der Waals surface area contributed by atoms with Gasteiger partial charge in [-0.25, -0.2) is 4.79 Å². The van der Waals surface area contributed by atoms with Gasteiger partial charge in [-0.2, -0.15) is 0 Å². The number of amides is 2. The fourth-order valence-electron chi connectivity index (χ4n) is 4.26. The zero-order chi connectivity index (χ0) is 27.2. The Morgan fingerprint density at radius 2 is 1.47 bits per heavy atom. The second-order valence-electron chi connectivity index (χ2n) is 9.38. The van der Waals surface area contributed by atoms with E-state index in [0.717, 1.165) is 46.0 Å². The number of carbonyl (C=O) groups excluding carboxylic acids is 2. The first kappa shape index (κ1) is 29.3. The molecule has 5 nitrogen and oxygen atoms in total. The summed E-state index contributed by atoms with van der Waals surface area (Å²) < 4.78 is 5.02. The predicted octanol–water partition coefficient (Wildman–Crippen LogP) is 8.51. The standard InChI is InChI=1S/C32H40N2O3S/c1-4-6-7-8-12-23-34(25(3)27-13-10-9-11-14-27)32(36)33-28-17-21-30(22-18-28)38-29-19-15-26(16-20-29)24-31(35)37-5-2/h9-11,13-22,25H,4-8,12,23-24H2,1-3H3,(H,33,36). The first-order valence-electron chi connectivity index (χ1n) is 13.6. The highest BCUT2D eigenvalue weighted by Crippen LogP contribution is 2.29. The molecule has 0 radical (unpaired) electrons. The van der Waals surface area contributed by atoms with E-state index in [1.807, 2.05) is 78.6 Å². The van der Waals surface area contributed by atoms with Crippen molar-refractivity contribution in [3.63, 3.8) is 0 Å². The van der Waals surface area contributed by atoms with E-state index in [0.29, 0.717) is 6.61 Å². The van der Waals surface area contributed by atoms with Gasteiger partial charge in [-0.05, 0) is 67.8 Å². The van der Waals surface area contributed by atoms with Crippen molar-refractivity contribution < 1.29 is 14.3 Å². The zero-order valence-corrected chi connectivity index (χ0v) is 23.6. The average Bonchev–Trinajstić information content (AvgIpc) is 2.93. The molecule has 1 atom stereocenters. The monoisotopic (exact) mass is 532 g/mol. The molecule has 0 saturated carbocycles. The highest BCUT2D eigenvalue weighted by Gasteiger charge is 2.21. The summed E-state index contributed by atoms with van der Waals surface area (Å²) in [5.74, 6) is -0.209. The second kappa shape index (κ2) is 15.9. The number of ether oxygens (including phenoxy) is 1. The van der Waals surface area contributed by atoms with Crippen LogP contribution in [0, 0.1) is 0 Å². The maximum atomic E-state index is 13.3. The first-order chi connectivity index (χ1) is 18.5. The molecule has 1 unspecified atom stereocenters. The topological polar surface area (TPSA) is 58.6 Å². The van der Waals surface area contributed by atoms with Crippen LogP contribution in [0.3, 0.4) is 0 Å². The van der Waals surface area contributed by atoms with E-state index in [2.05, 4.69) is 31.3 Å². The zero-order valence-electron chi connectivity index (χ0n) is 22.8. The van der Waals surface area contributed by atoms with Crippen LogP contribution in [0.1, 0.15) is 70.0 Å². The number of unbranched alkanes of at least 4 members (excludes halogenated alkanes) is 4. The SMILES string of the molecule is CCCCCCCN(C(=O)Nc1ccc(Sc2ccc(CC(=O)OCC)cc2)cc1)C(C)c1ccccc1. The van der Waals surface area contributed by atoms with Crippen molar-refractivity contribution in [2.75, 3.05) is 18.5 Å². The lowest BCUT2D eigenvalue weighted by Crippen LogP contribution is -2.37. The average molecular weight is 533 g/mol. The number of nitrogens with one attached hydrogen (secondary N) is 1. The minimum Gasteiger partial charge on any atom is -0.466 e. The summed E-state index contributed by atoms with van der Waals surface area (Å²) >= 11 is 1.64. The maximum Gasteiger partial charge on any atom is 0.322 e. The van der Waals surface area contributed by atoms with Crippen molar-refractivity contribution in [3.8, 4) is 0 Å². The minimum atomic E-state index is -0.209. The molecule has 6 heteroatoms. The van der Waals surface area contributed by atoms with Gasteiger partial charge in [0.15, 0.2) is 0 Å². The summed E-state index contributed by atoms with van der Waals surface area (Å²) in [6.07, 6.45) is 6.07. The molecule has 0 aliphatic heterocycles. The van der Waals surface area contributed by atoms with Crippen LogP contribution in [-0.2, 0) is 16.0 Å². The molecule has 0 fully saturated rings. The van der Waals surface area contributed by atoms with Gasteiger partial charge < -0.3 is 15.0 Å². The molecular weight excluding hydrogens is 492 g/mol. The molecule has 0 bridgehead atoms. The van der Waals surface area contributed by atoms with Crippen molar-refractivity contribution in [1.82, 2.24) is 4.90 Å². The molecule has 0 aliphatic rings. The van der Waals surface area contributed by atoms with Gasteiger partial charge in [0.05, 0.1) is 19.1 Å². The van der Waals surface area contributed by atoms with E-state index < -0.39 is 0 Å². The van der Waals surface area contributed by atoms with Gasteiger partial charge in [-0.15, -0.1) is 0 Å². The molecule has 0 aliphatic carbocycles. The summed E-state index contributed by atoms with van der Waals surface area (Å²) in [5, 5.41) is 3.11. The Morgan fingerprint density at radius 1 is 0.842 bits per heavy atom. The van der Waals surface area contributed by atoms with Crippen LogP contribution < -0.4 is 5.32 Å². The number of esters is 1. The van der Waals surface area contributed by atoms with Crippen LogP contribution >= 0.6 is 11.8 Å². The molecule has 3 aromatic rings. The third-order valence-electron chi connectivity index (χ3n) is 6.43. The largest absolute Gasteiger partial charge is 0.466 e. The molecule has 0 heterocycles. The summed E-state index contributed by atoms with van der Waals surface area (Å²) in [6.45, 7) is 7.24. The maximum absolute atomic E-state index is 13.3. The Kier molecular flexibility index (Phi) is 12.2. The van der Waals surface area contributed by atoms with E-state index >= 15 is 0 Å². The highest BCUT2D eigenvalue weighted by molar-refractivity contribution is 7.99. The smallest absolute Gasteiger partial charge is 0.322 e. The highest BCUT2D eigenvalue weighted by atomic mass is 32.2. The third kappa shape index (κ3) is 9.56. The van der Waals surface area contributed by atoms with Crippen LogP contribution in [-0.4, -0.2) is 30.1 Å². The lowest BCUT2D eigenvalue weighted by Gasteiger charge is -2.30. The Morgan fingerprint density at radius 3 is 2.11 bits per heavy atom.